The minimum Gasteiger partial charge on any atom is -0.480 e. The Hall–Kier alpha value is -1.98. The molecule has 0 spiro atoms. The number of nitrogens with zero attached hydrogens (tertiary/aromatic N) is 2. The van der Waals surface area contributed by atoms with Crippen molar-refractivity contribution in [2.45, 2.75) is 5.92 Å². The topological polar surface area (TPSA) is 100 Å². The summed E-state index contributed by atoms with van der Waals surface area (Å²) in [5.74, 6) is -4.50. The summed E-state index contributed by atoms with van der Waals surface area (Å²) in [6.45, 7) is 0. The van der Waals surface area contributed by atoms with Crippen molar-refractivity contribution in [1.82, 2.24) is 9.97 Å². The van der Waals surface area contributed by atoms with E-state index in [0.29, 0.717) is 0 Å². The van der Waals surface area contributed by atoms with Gasteiger partial charge in [0.15, 0.2) is 5.92 Å². The molecule has 1 aromatic rings. The third-order valence-electron chi connectivity index (χ3n) is 1.39. The smallest absolute Gasteiger partial charge is 0.324 e. The Morgan fingerprint density at radius 2 is 1.92 bits per heavy atom. The largest absolute Gasteiger partial charge is 0.480 e. The van der Waals surface area contributed by atoms with Crippen LogP contribution in [-0.4, -0.2) is 32.1 Å². The van der Waals surface area contributed by atoms with Crippen molar-refractivity contribution in [3.63, 3.8) is 0 Å². The number of carbonyl (C=O) groups is 2. The molecule has 0 bridgehead atoms. The minimum absolute atomic E-state index is 0.0324. The maximum absolute atomic E-state index is 10.5. The molecule has 0 aliphatic rings. The number of hydrogen-bond acceptors (Lipinski definition) is 4. The van der Waals surface area contributed by atoms with Gasteiger partial charge in [-0.05, 0) is 6.07 Å². The SMILES string of the molecule is O=C(O)C(C(=O)O)c1ccncn1. The van der Waals surface area contributed by atoms with Crippen LogP contribution in [0.3, 0.4) is 0 Å². The third-order valence-corrected chi connectivity index (χ3v) is 1.39. The maximum atomic E-state index is 10.5. The summed E-state index contributed by atoms with van der Waals surface area (Å²) in [6.07, 6.45) is 2.40. The average molecular weight is 182 g/mol. The highest BCUT2D eigenvalue weighted by atomic mass is 16.4. The van der Waals surface area contributed by atoms with Gasteiger partial charge in [-0.25, -0.2) is 9.97 Å². The van der Waals surface area contributed by atoms with Crippen molar-refractivity contribution in [2.24, 2.45) is 0 Å². The average Bonchev–Trinajstić information content (AvgIpc) is 2.04. The highest BCUT2D eigenvalue weighted by molar-refractivity contribution is 5.98. The Balaban J connectivity index is 3.03. The van der Waals surface area contributed by atoms with Gasteiger partial charge in [0.05, 0.1) is 5.69 Å². The van der Waals surface area contributed by atoms with E-state index in [2.05, 4.69) is 9.97 Å². The van der Waals surface area contributed by atoms with Crippen LogP contribution in [0, 0.1) is 0 Å². The van der Waals surface area contributed by atoms with Crippen LogP contribution in [-0.2, 0) is 9.59 Å². The monoisotopic (exact) mass is 182 g/mol. The van der Waals surface area contributed by atoms with E-state index in [4.69, 9.17) is 10.2 Å². The van der Waals surface area contributed by atoms with Gasteiger partial charge in [0.25, 0.3) is 0 Å². The first kappa shape index (κ1) is 9.11. The van der Waals surface area contributed by atoms with Crippen LogP contribution in [0.2, 0.25) is 0 Å². The number of carboxylic acid groups (broad SMARTS) is 2. The molecule has 13 heavy (non-hydrogen) atoms. The molecule has 68 valence electrons. The van der Waals surface area contributed by atoms with E-state index in [0.717, 1.165) is 6.33 Å². The van der Waals surface area contributed by atoms with Gasteiger partial charge in [-0.1, -0.05) is 0 Å². The fourth-order valence-electron chi connectivity index (χ4n) is 0.830. The summed E-state index contributed by atoms with van der Waals surface area (Å²) in [5, 5.41) is 17.1. The Morgan fingerprint density at radius 1 is 1.31 bits per heavy atom. The minimum atomic E-state index is -1.62. The Kier molecular flexibility index (Phi) is 2.53. The maximum Gasteiger partial charge on any atom is 0.324 e. The summed E-state index contributed by atoms with van der Waals surface area (Å²) in [4.78, 5) is 28.1. The molecule has 2 N–H and O–H groups in total. The normalized spacial score (nSPS) is 9.92. The van der Waals surface area contributed by atoms with Crippen LogP contribution in [0.15, 0.2) is 18.6 Å². The molecule has 6 heteroatoms. The second kappa shape index (κ2) is 3.61. The molecule has 0 saturated carbocycles. The van der Waals surface area contributed by atoms with Gasteiger partial charge < -0.3 is 10.2 Å². The standard InChI is InChI=1S/C7H6N2O4/c10-6(11)5(7(12)13)4-1-2-8-3-9-4/h1-3,5H,(H,10,11)(H,12,13). The van der Waals surface area contributed by atoms with Crippen molar-refractivity contribution in [3.8, 4) is 0 Å². The van der Waals surface area contributed by atoms with Crippen molar-refractivity contribution in [1.29, 1.82) is 0 Å². The van der Waals surface area contributed by atoms with Gasteiger partial charge >= 0.3 is 11.9 Å². The van der Waals surface area contributed by atoms with E-state index in [1.165, 1.54) is 12.3 Å². The van der Waals surface area contributed by atoms with Crippen LogP contribution in [0.4, 0.5) is 0 Å². The third kappa shape index (κ3) is 1.98. The zero-order valence-electron chi connectivity index (χ0n) is 6.41. The highest BCUT2D eigenvalue weighted by Gasteiger charge is 2.28. The molecule has 0 unspecified atom stereocenters. The van der Waals surface area contributed by atoms with Crippen LogP contribution in [0.25, 0.3) is 0 Å². The molecule has 0 aliphatic carbocycles. The van der Waals surface area contributed by atoms with Gasteiger partial charge in [-0.3, -0.25) is 9.59 Å². The molecule has 1 aromatic heterocycles. The second-order valence-corrected chi connectivity index (χ2v) is 2.24. The van der Waals surface area contributed by atoms with Crippen LogP contribution >= 0.6 is 0 Å². The molecular formula is C7H6N2O4. The number of aromatic nitrogens is 2. The summed E-state index contributed by atoms with van der Waals surface area (Å²) in [6, 6.07) is 1.26. The predicted octanol–water partition coefficient (Wildman–Crippen LogP) is -0.271. The number of rotatable bonds is 3. The van der Waals surface area contributed by atoms with E-state index < -0.39 is 17.9 Å². The number of aliphatic carboxylic acids is 2. The number of hydrogen-bond donors (Lipinski definition) is 2. The first-order chi connectivity index (χ1) is 6.13. The molecule has 0 amide bonds. The number of carboxylic acids is 2. The van der Waals surface area contributed by atoms with Gasteiger partial charge in [0.1, 0.15) is 6.33 Å². The molecule has 6 nitrogen and oxygen atoms in total. The lowest BCUT2D eigenvalue weighted by molar-refractivity contribution is -0.150. The molecular weight excluding hydrogens is 176 g/mol. The summed E-state index contributed by atoms with van der Waals surface area (Å²) >= 11 is 0. The predicted molar refractivity (Wildman–Crippen MR) is 40.0 cm³/mol. The molecule has 0 aromatic carbocycles. The quantitative estimate of drug-likeness (QED) is 0.624. The summed E-state index contributed by atoms with van der Waals surface area (Å²) in [7, 11) is 0. The van der Waals surface area contributed by atoms with Crippen LogP contribution in [0.5, 0.6) is 0 Å². The Morgan fingerprint density at radius 3 is 2.31 bits per heavy atom. The first-order valence-electron chi connectivity index (χ1n) is 3.34. The molecule has 1 rings (SSSR count). The summed E-state index contributed by atoms with van der Waals surface area (Å²) < 4.78 is 0. The van der Waals surface area contributed by atoms with Crippen molar-refractivity contribution < 1.29 is 19.8 Å². The van der Waals surface area contributed by atoms with E-state index in [1.54, 1.807) is 0 Å². The molecule has 0 saturated heterocycles. The van der Waals surface area contributed by atoms with Gasteiger partial charge in [0, 0.05) is 6.20 Å². The zero-order chi connectivity index (χ0) is 9.84. The van der Waals surface area contributed by atoms with Gasteiger partial charge in [-0.15, -0.1) is 0 Å². The lowest BCUT2D eigenvalue weighted by Gasteiger charge is -2.04. The van der Waals surface area contributed by atoms with Crippen molar-refractivity contribution in [3.05, 3.63) is 24.3 Å². The summed E-state index contributed by atoms with van der Waals surface area (Å²) in [5.41, 5.74) is -0.0324. The fraction of sp³-hybridized carbons (Fsp3) is 0.143. The van der Waals surface area contributed by atoms with Crippen molar-refractivity contribution >= 4 is 11.9 Å². The Bertz CT molecular complexity index is 311. The Labute approximate surface area is 72.9 Å². The lowest BCUT2D eigenvalue weighted by atomic mass is 10.1. The second-order valence-electron chi connectivity index (χ2n) is 2.24. The molecule has 0 atom stereocenters. The molecule has 0 aliphatic heterocycles. The molecule has 0 radical (unpaired) electrons. The highest BCUT2D eigenvalue weighted by Crippen LogP contribution is 2.11. The van der Waals surface area contributed by atoms with E-state index in [1.807, 2.05) is 0 Å². The van der Waals surface area contributed by atoms with Gasteiger partial charge in [0.2, 0.25) is 0 Å². The zero-order valence-corrected chi connectivity index (χ0v) is 6.41. The van der Waals surface area contributed by atoms with E-state index in [-0.39, 0.29) is 5.69 Å². The van der Waals surface area contributed by atoms with Gasteiger partial charge in [-0.2, -0.15) is 0 Å². The molecule has 0 fully saturated rings. The lowest BCUT2D eigenvalue weighted by Crippen LogP contribution is -2.22. The van der Waals surface area contributed by atoms with Crippen molar-refractivity contribution in [2.75, 3.05) is 0 Å². The fourth-order valence-corrected chi connectivity index (χ4v) is 0.830. The van der Waals surface area contributed by atoms with Crippen LogP contribution in [0.1, 0.15) is 11.6 Å². The molecule has 1 heterocycles. The van der Waals surface area contributed by atoms with Crippen LogP contribution < -0.4 is 0 Å². The van der Waals surface area contributed by atoms with E-state index >= 15 is 0 Å². The van der Waals surface area contributed by atoms with E-state index in [9.17, 15) is 9.59 Å². The first-order valence-corrected chi connectivity index (χ1v) is 3.34.